The van der Waals surface area contributed by atoms with Crippen molar-refractivity contribution < 1.29 is 4.79 Å². The first kappa shape index (κ1) is 13.9. The molecule has 104 valence electrons. The minimum atomic E-state index is -0.0279. The molecule has 1 amide bonds. The van der Waals surface area contributed by atoms with E-state index in [-0.39, 0.29) is 17.7 Å². The molecule has 1 aromatic heterocycles. The molecule has 0 bridgehead atoms. The van der Waals surface area contributed by atoms with Crippen molar-refractivity contribution in [2.75, 3.05) is 11.9 Å². The number of aromatic nitrogens is 1. The molecule has 1 heterocycles. The van der Waals surface area contributed by atoms with Crippen molar-refractivity contribution in [1.29, 1.82) is 0 Å². The van der Waals surface area contributed by atoms with E-state index in [0.717, 1.165) is 17.1 Å². The number of amides is 1. The molecule has 0 spiro atoms. The van der Waals surface area contributed by atoms with Crippen LogP contribution in [-0.2, 0) is 4.79 Å². The first-order valence-corrected chi connectivity index (χ1v) is 7.84. The molecule has 3 rings (SSSR count). The number of anilines is 1. The van der Waals surface area contributed by atoms with E-state index in [0.29, 0.717) is 10.0 Å². The summed E-state index contributed by atoms with van der Waals surface area (Å²) in [6.45, 7) is 0. The van der Waals surface area contributed by atoms with Crippen LogP contribution in [0, 0.1) is 5.92 Å². The number of hydrogen-bond acceptors (Lipinski definition) is 3. The van der Waals surface area contributed by atoms with Gasteiger partial charge in [0.2, 0.25) is 5.91 Å². The Morgan fingerprint density at radius 2 is 2.25 bits per heavy atom. The standard InChI is InChI=1S/C14H12Cl2N2OS/c1-18(14-17-5-6-20-14)13(19)10-7-9(10)8-3-2-4-11(15)12(8)16/h2-6,9-10H,7H2,1H3. The first-order chi connectivity index (χ1) is 9.59. The third kappa shape index (κ3) is 2.43. The van der Waals surface area contributed by atoms with E-state index in [1.54, 1.807) is 24.2 Å². The second kappa shape index (κ2) is 5.35. The van der Waals surface area contributed by atoms with Gasteiger partial charge in [-0.05, 0) is 24.0 Å². The Kier molecular flexibility index (Phi) is 3.71. The average Bonchev–Trinajstić information content (AvgIpc) is 3.04. The third-order valence-electron chi connectivity index (χ3n) is 3.53. The summed E-state index contributed by atoms with van der Waals surface area (Å²) < 4.78 is 0. The molecule has 0 N–H and O–H groups in total. The fourth-order valence-corrected chi connectivity index (χ4v) is 3.40. The third-order valence-corrected chi connectivity index (χ3v) is 5.21. The lowest BCUT2D eigenvalue weighted by molar-refractivity contribution is -0.119. The van der Waals surface area contributed by atoms with Crippen molar-refractivity contribution in [3.8, 4) is 0 Å². The Bertz CT molecular complexity index is 645. The highest BCUT2D eigenvalue weighted by atomic mass is 35.5. The number of nitrogens with zero attached hydrogens (tertiary/aromatic N) is 2. The monoisotopic (exact) mass is 326 g/mol. The SMILES string of the molecule is CN(C(=O)C1CC1c1cccc(Cl)c1Cl)c1nccs1. The van der Waals surface area contributed by atoms with E-state index in [2.05, 4.69) is 4.98 Å². The average molecular weight is 327 g/mol. The smallest absolute Gasteiger partial charge is 0.232 e. The molecule has 2 aromatic rings. The zero-order chi connectivity index (χ0) is 14.3. The minimum Gasteiger partial charge on any atom is -0.291 e. The largest absolute Gasteiger partial charge is 0.291 e. The molecule has 1 aliphatic rings. The minimum absolute atomic E-state index is 0.0279. The molecule has 3 nitrogen and oxygen atoms in total. The fraction of sp³-hybridized carbons (Fsp3) is 0.286. The normalized spacial score (nSPS) is 20.8. The topological polar surface area (TPSA) is 33.2 Å². The highest BCUT2D eigenvalue weighted by molar-refractivity contribution is 7.13. The summed E-state index contributed by atoms with van der Waals surface area (Å²) in [6, 6.07) is 5.57. The molecule has 0 aliphatic heterocycles. The second-order valence-corrected chi connectivity index (χ2v) is 6.46. The summed E-state index contributed by atoms with van der Waals surface area (Å²) in [4.78, 5) is 18.2. The Hall–Kier alpha value is -1.10. The van der Waals surface area contributed by atoms with E-state index < -0.39 is 0 Å². The predicted molar refractivity (Wildman–Crippen MR) is 82.8 cm³/mol. The van der Waals surface area contributed by atoms with Gasteiger partial charge in [0.15, 0.2) is 5.13 Å². The van der Waals surface area contributed by atoms with Gasteiger partial charge in [-0.2, -0.15) is 0 Å². The molecular formula is C14H12Cl2N2OS. The van der Waals surface area contributed by atoms with E-state index in [1.165, 1.54) is 11.3 Å². The number of thiazole rings is 1. The Morgan fingerprint density at radius 3 is 2.95 bits per heavy atom. The molecule has 2 unspecified atom stereocenters. The van der Waals surface area contributed by atoms with Gasteiger partial charge in [-0.1, -0.05) is 35.3 Å². The molecule has 20 heavy (non-hydrogen) atoms. The molecular weight excluding hydrogens is 315 g/mol. The van der Waals surface area contributed by atoms with Gasteiger partial charge in [-0.25, -0.2) is 4.98 Å². The van der Waals surface area contributed by atoms with Gasteiger partial charge in [-0.15, -0.1) is 11.3 Å². The zero-order valence-electron chi connectivity index (χ0n) is 10.7. The first-order valence-electron chi connectivity index (χ1n) is 6.20. The number of hydrogen-bond donors (Lipinski definition) is 0. The number of halogens is 2. The Morgan fingerprint density at radius 1 is 1.45 bits per heavy atom. The Labute approximate surface area is 131 Å². The summed E-state index contributed by atoms with van der Waals surface area (Å²) >= 11 is 13.7. The van der Waals surface area contributed by atoms with E-state index in [4.69, 9.17) is 23.2 Å². The van der Waals surface area contributed by atoms with Crippen LogP contribution >= 0.6 is 34.5 Å². The highest BCUT2D eigenvalue weighted by Crippen LogP contribution is 2.51. The summed E-state index contributed by atoms with van der Waals surface area (Å²) in [5.41, 5.74) is 0.963. The molecule has 1 fully saturated rings. The number of rotatable bonds is 3. The quantitative estimate of drug-likeness (QED) is 0.846. The van der Waals surface area contributed by atoms with Gasteiger partial charge in [0.05, 0.1) is 10.0 Å². The van der Waals surface area contributed by atoms with Crippen LogP contribution in [0.3, 0.4) is 0 Å². The van der Waals surface area contributed by atoms with E-state index in [1.807, 2.05) is 17.5 Å². The van der Waals surface area contributed by atoms with Crippen molar-refractivity contribution in [3.05, 3.63) is 45.4 Å². The number of benzene rings is 1. The van der Waals surface area contributed by atoms with Gasteiger partial charge in [-0.3, -0.25) is 9.69 Å². The Balaban J connectivity index is 1.76. The molecule has 6 heteroatoms. The maximum absolute atomic E-state index is 12.4. The summed E-state index contributed by atoms with van der Waals surface area (Å²) in [5.74, 6) is 0.219. The van der Waals surface area contributed by atoms with Crippen LogP contribution in [0.15, 0.2) is 29.8 Å². The van der Waals surface area contributed by atoms with Gasteiger partial charge < -0.3 is 0 Å². The molecule has 1 aromatic carbocycles. The molecule has 1 aliphatic carbocycles. The van der Waals surface area contributed by atoms with Crippen molar-refractivity contribution in [2.45, 2.75) is 12.3 Å². The van der Waals surface area contributed by atoms with Crippen molar-refractivity contribution >= 4 is 45.6 Å². The lowest BCUT2D eigenvalue weighted by Gasteiger charge is -2.13. The van der Waals surface area contributed by atoms with Gasteiger partial charge in [0.1, 0.15) is 0 Å². The van der Waals surface area contributed by atoms with Crippen LogP contribution in [0.25, 0.3) is 0 Å². The number of carbonyl (C=O) groups excluding carboxylic acids is 1. The van der Waals surface area contributed by atoms with Crippen molar-refractivity contribution in [2.24, 2.45) is 5.92 Å². The second-order valence-electron chi connectivity index (χ2n) is 4.80. The van der Waals surface area contributed by atoms with Crippen LogP contribution in [0.4, 0.5) is 5.13 Å². The van der Waals surface area contributed by atoms with Gasteiger partial charge in [0, 0.05) is 24.5 Å². The van der Waals surface area contributed by atoms with E-state index >= 15 is 0 Å². The lowest BCUT2D eigenvalue weighted by atomic mass is 10.1. The van der Waals surface area contributed by atoms with Gasteiger partial charge in [0.25, 0.3) is 0 Å². The summed E-state index contributed by atoms with van der Waals surface area (Å²) in [6.07, 6.45) is 2.51. The molecule has 1 saturated carbocycles. The zero-order valence-corrected chi connectivity index (χ0v) is 13.0. The molecule has 0 radical (unpaired) electrons. The van der Waals surface area contributed by atoms with Crippen LogP contribution in [0.2, 0.25) is 10.0 Å². The molecule has 0 saturated heterocycles. The van der Waals surface area contributed by atoms with Crippen molar-refractivity contribution in [3.63, 3.8) is 0 Å². The van der Waals surface area contributed by atoms with Crippen molar-refractivity contribution in [1.82, 2.24) is 4.98 Å². The highest BCUT2D eigenvalue weighted by Gasteiger charge is 2.46. The predicted octanol–water partition coefficient (Wildman–Crippen LogP) is 4.22. The van der Waals surface area contributed by atoms with Crippen LogP contribution in [0.1, 0.15) is 17.9 Å². The van der Waals surface area contributed by atoms with E-state index in [9.17, 15) is 4.79 Å². The van der Waals surface area contributed by atoms with Crippen LogP contribution in [0.5, 0.6) is 0 Å². The summed E-state index contributed by atoms with van der Waals surface area (Å²) in [7, 11) is 1.76. The van der Waals surface area contributed by atoms with Crippen LogP contribution in [-0.4, -0.2) is 17.9 Å². The summed E-state index contributed by atoms with van der Waals surface area (Å²) in [5, 5.41) is 3.68. The number of carbonyl (C=O) groups is 1. The maximum Gasteiger partial charge on any atom is 0.232 e. The molecule has 2 atom stereocenters. The van der Waals surface area contributed by atoms with Crippen LogP contribution < -0.4 is 4.90 Å². The fourth-order valence-electron chi connectivity index (χ4n) is 2.34. The van der Waals surface area contributed by atoms with Gasteiger partial charge >= 0.3 is 0 Å². The lowest BCUT2D eigenvalue weighted by Crippen LogP contribution is -2.28. The maximum atomic E-state index is 12.4.